The van der Waals surface area contributed by atoms with Gasteiger partial charge in [-0.2, -0.15) is 0 Å². The van der Waals surface area contributed by atoms with Crippen LogP contribution in [0.1, 0.15) is 26.3 Å². The molecule has 23 heavy (non-hydrogen) atoms. The van der Waals surface area contributed by atoms with Gasteiger partial charge in [0.05, 0.1) is 0 Å². The van der Waals surface area contributed by atoms with E-state index in [9.17, 15) is 0 Å². The maximum atomic E-state index is 3.63. The zero-order valence-electron chi connectivity index (χ0n) is 14.4. The third kappa shape index (κ3) is 5.53. The molecular formula is C21H24BrN. The second-order valence-electron chi connectivity index (χ2n) is 6.87. The molecule has 0 radical (unpaired) electrons. The van der Waals surface area contributed by atoms with Crippen LogP contribution in [-0.2, 0) is 6.54 Å². The first-order valence-electron chi connectivity index (χ1n) is 7.89. The van der Waals surface area contributed by atoms with Gasteiger partial charge in [-0.25, -0.2) is 0 Å². The highest BCUT2D eigenvalue weighted by atomic mass is 79.9. The molecule has 0 spiro atoms. The Kier molecular flexibility index (Phi) is 6.04. The molecule has 2 heteroatoms. The smallest absolute Gasteiger partial charge is 0.0253 e. The van der Waals surface area contributed by atoms with Crippen LogP contribution >= 0.6 is 15.9 Å². The summed E-state index contributed by atoms with van der Waals surface area (Å²) in [7, 11) is 2.14. The van der Waals surface area contributed by atoms with Gasteiger partial charge in [0.2, 0.25) is 0 Å². The van der Waals surface area contributed by atoms with E-state index in [2.05, 4.69) is 103 Å². The van der Waals surface area contributed by atoms with Crippen LogP contribution < -0.4 is 0 Å². The molecule has 0 heterocycles. The number of rotatable bonds is 4. The summed E-state index contributed by atoms with van der Waals surface area (Å²) in [5.74, 6) is 6.33. The first-order valence-corrected chi connectivity index (χ1v) is 8.68. The average molecular weight is 370 g/mol. The molecule has 0 saturated carbocycles. The number of likely N-dealkylation sites (N-methyl/N-ethyl adjacent to an activating group) is 1. The fourth-order valence-corrected chi connectivity index (χ4v) is 2.88. The minimum absolute atomic E-state index is 0.0621. The Labute approximate surface area is 148 Å². The highest BCUT2D eigenvalue weighted by Crippen LogP contribution is 2.26. The normalized spacial score (nSPS) is 11.9. The number of hydrogen-bond donors (Lipinski definition) is 0. The predicted molar refractivity (Wildman–Crippen MR) is 104 cm³/mol. The fourth-order valence-electron chi connectivity index (χ4n) is 2.38. The van der Waals surface area contributed by atoms with Gasteiger partial charge in [-0.3, -0.25) is 4.90 Å². The van der Waals surface area contributed by atoms with Gasteiger partial charge in [0.25, 0.3) is 0 Å². The summed E-state index contributed by atoms with van der Waals surface area (Å²) < 4.78 is 1.15. The molecule has 0 saturated heterocycles. The third-order valence-electron chi connectivity index (χ3n) is 3.46. The Morgan fingerprint density at radius 3 is 2.52 bits per heavy atom. The predicted octanol–water partition coefficient (Wildman–Crippen LogP) is 5.64. The summed E-state index contributed by atoms with van der Waals surface area (Å²) in [5.41, 5.74) is 1.41. The topological polar surface area (TPSA) is 3.24 Å². The second kappa shape index (κ2) is 7.81. The van der Waals surface area contributed by atoms with Gasteiger partial charge < -0.3 is 0 Å². The minimum atomic E-state index is 0.0621. The summed E-state index contributed by atoms with van der Waals surface area (Å²) >= 11 is 3.63. The molecular weight excluding hydrogens is 346 g/mol. The average Bonchev–Trinajstić information content (AvgIpc) is 2.47. The van der Waals surface area contributed by atoms with Crippen molar-refractivity contribution in [2.45, 2.75) is 27.3 Å². The van der Waals surface area contributed by atoms with Gasteiger partial charge in [-0.05, 0) is 56.3 Å². The number of fused-ring (bicyclic) bond motifs is 1. The number of benzene rings is 2. The molecule has 0 unspecified atom stereocenters. The van der Waals surface area contributed by atoms with Crippen LogP contribution in [0.25, 0.3) is 10.8 Å². The highest BCUT2D eigenvalue weighted by Gasteiger charge is 2.05. The molecule has 0 aliphatic rings. The van der Waals surface area contributed by atoms with Crippen LogP contribution in [0.4, 0.5) is 0 Å². The van der Waals surface area contributed by atoms with Crippen molar-refractivity contribution in [1.29, 1.82) is 0 Å². The van der Waals surface area contributed by atoms with Crippen molar-refractivity contribution in [1.82, 2.24) is 4.90 Å². The summed E-state index contributed by atoms with van der Waals surface area (Å²) in [4.78, 5) is 2.30. The molecule has 0 amide bonds. The number of allylic oxidation sites excluding steroid dienone is 1. The molecule has 2 aromatic carbocycles. The Morgan fingerprint density at radius 2 is 1.78 bits per heavy atom. The van der Waals surface area contributed by atoms with Gasteiger partial charge in [0.15, 0.2) is 0 Å². The Balaban J connectivity index is 2.03. The standard InChI is InChI=1S/C21H24BrN/c1-21(2,3)14-6-5-7-15-23(4)16-17-10-8-12-19-18(17)11-9-13-20(19)22/h5,7-13H,15-16H2,1-4H3/b7-5+. The first-order chi connectivity index (χ1) is 10.9. The van der Waals surface area contributed by atoms with Crippen LogP contribution in [0.15, 0.2) is 53.0 Å². The maximum Gasteiger partial charge on any atom is 0.0253 e. The lowest BCUT2D eigenvalue weighted by molar-refractivity contribution is 0.365. The highest BCUT2D eigenvalue weighted by molar-refractivity contribution is 9.10. The van der Waals surface area contributed by atoms with Crippen molar-refractivity contribution < 1.29 is 0 Å². The largest absolute Gasteiger partial charge is 0.298 e. The molecule has 0 aromatic heterocycles. The third-order valence-corrected chi connectivity index (χ3v) is 4.16. The zero-order chi connectivity index (χ0) is 16.9. The molecule has 0 fully saturated rings. The Morgan fingerprint density at radius 1 is 1.09 bits per heavy atom. The molecule has 0 aliphatic heterocycles. The molecule has 0 aliphatic carbocycles. The number of hydrogen-bond acceptors (Lipinski definition) is 1. The van der Waals surface area contributed by atoms with E-state index < -0.39 is 0 Å². The van der Waals surface area contributed by atoms with Gasteiger partial charge in [-0.1, -0.05) is 64.2 Å². The Hall–Kier alpha value is -1.56. The lowest BCUT2D eigenvalue weighted by Crippen LogP contribution is -2.17. The maximum absolute atomic E-state index is 3.63. The lowest BCUT2D eigenvalue weighted by atomic mass is 9.98. The van der Waals surface area contributed by atoms with E-state index in [1.54, 1.807) is 0 Å². The van der Waals surface area contributed by atoms with Crippen molar-refractivity contribution in [2.24, 2.45) is 5.41 Å². The van der Waals surface area contributed by atoms with Gasteiger partial charge in [0.1, 0.15) is 0 Å². The van der Waals surface area contributed by atoms with Crippen LogP contribution in [0, 0.1) is 17.3 Å². The van der Waals surface area contributed by atoms with Crippen molar-refractivity contribution in [3.05, 3.63) is 58.6 Å². The van der Waals surface area contributed by atoms with Gasteiger partial charge in [-0.15, -0.1) is 0 Å². The fraction of sp³-hybridized carbons (Fsp3) is 0.333. The molecule has 2 aromatic rings. The number of halogens is 1. The Bertz CT molecular complexity index is 757. The first kappa shape index (κ1) is 17.8. The van der Waals surface area contributed by atoms with E-state index in [-0.39, 0.29) is 5.41 Å². The SMILES string of the molecule is CN(C/C=C/C#CC(C)(C)C)Cc1cccc2c(Br)cccc12. The molecule has 1 nitrogen and oxygen atoms in total. The zero-order valence-corrected chi connectivity index (χ0v) is 15.9. The van der Waals surface area contributed by atoms with Gasteiger partial charge in [0, 0.05) is 23.0 Å². The van der Waals surface area contributed by atoms with Crippen LogP contribution in [0.5, 0.6) is 0 Å². The summed E-state index contributed by atoms with van der Waals surface area (Å²) in [5, 5.41) is 2.58. The monoisotopic (exact) mass is 369 g/mol. The summed E-state index contributed by atoms with van der Waals surface area (Å²) in [6.45, 7) is 8.18. The van der Waals surface area contributed by atoms with E-state index in [0.717, 1.165) is 17.6 Å². The van der Waals surface area contributed by atoms with E-state index >= 15 is 0 Å². The van der Waals surface area contributed by atoms with E-state index in [1.165, 1.54) is 16.3 Å². The van der Waals surface area contributed by atoms with Crippen molar-refractivity contribution in [2.75, 3.05) is 13.6 Å². The lowest BCUT2D eigenvalue weighted by Gasteiger charge is -2.16. The quantitative estimate of drug-likeness (QED) is 0.630. The molecule has 120 valence electrons. The molecule has 0 bridgehead atoms. The summed E-state index contributed by atoms with van der Waals surface area (Å²) in [6.07, 6.45) is 4.08. The van der Waals surface area contributed by atoms with Crippen LogP contribution in [0.3, 0.4) is 0 Å². The van der Waals surface area contributed by atoms with E-state index in [0.29, 0.717) is 0 Å². The van der Waals surface area contributed by atoms with E-state index in [4.69, 9.17) is 0 Å². The van der Waals surface area contributed by atoms with Gasteiger partial charge >= 0.3 is 0 Å². The molecule has 2 rings (SSSR count). The number of nitrogens with zero attached hydrogens (tertiary/aromatic N) is 1. The van der Waals surface area contributed by atoms with Crippen molar-refractivity contribution in [3.63, 3.8) is 0 Å². The second-order valence-corrected chi connectivity index (χ2v) is 7.72. The van der Waals surface area contributed by atoms with Crippen LogP contribution in [0.2, 0.25) is 0 Å². The van der Waals surface area contributed by atoms with E-state index in [1.807, 2.05) is 6.08 Å². The summed E-state index contributed by atoms with van der Waals surface area (Å²) in [6, 6.07) is 12.9. The molecule has 0 atom stereocenters. The van der Waals surface area contributed by atoms with Crippen molar-refractivity contribution in [3.8, 4) is 11.8 Å². The van der Waals surface area contributed by atoms with Crippen LogP contribution in [-0.4, -0.2) is 18.5 Å². The molecule has 0 N–H and O–H groups in total. The van der Waals surface area contributed by atoms with Crippen molar-refractivity contribution >= 4 is 26.7 Å². The minimum Gasteiger partial charge on any atom is -0.298 e.